The molecule has 0 radical (unpaired) electrons. The van der Waals surface area contributed by atoms with Crippen LogP contribution in [0.1, 0.15) is 25.0 Å². The highest BCUT2D eigenvalue weighted by Crippen LogP contribution is 2.26. The normalized spacial score (nSPS) is 12.2. The molecule has 0 bridgehead atoms. The molecule has 152 valence electrons. The lowest BCUT2D eigenvalue weighted by molar-refractivity contribution is -0.132. The highest BCUT2D eigenvalue weighted by Gasteiger charge is 2.15. The summed E-state index contributed by atoms with van der Waals surface area (Å²) in [5.41, 5.74) is 3.46. The third-order valence-electron chi connectivity index (χ3n) is 4.13. The quantitative estimate of drug-likeness (QED) is 0.463. The van der Waals surface area contributed by atoms with E-state index < -0.39 is 11.9 Å². The first kappa shape index (κ1) is 22.2. The summed E-state index contributed by atoms with van der Waals surface area (Å²) in [6.07, 6.45) is 1.03. The summed E-state index contributed by atoms with van der Waals surface area (Å²) >= 11 is 1.41. The number of hydrogen-bond acceptors (Lipinski definition) is 4. The molecule has 0 spiro atoms. The van der Waals surface area contributed by atoms with E-state index in [0.29, 0.717) is 5.69 Å². The lowest BCUT2D eigenvalue weighted by Crippen LogP contribution is -2.22. The second kappa shape index (κ2) is 9.93. The van der Waals surface area contributed by atoms with E-state index >= 15 is 0 Å². The predicted molar refractivity (Wildman–Crippen MR) is 116 cm³/mol. The van der Waals surface area contributed by atoms with Crippen molar-refractivity contribution in [3.63, 3.8) is 0 Å². The Balaban J connectivity index is 1.94. The number of anilines is 2. The van der Waals surface area contributed by atoms with Crippen molar-refractivity contribution < 1.29 is 19.5 Å². The fourth-order valence-corrected chi connectivity index (χ4v) is 3.37. The van der Waals surface area contributed by atoms with Crippen molar-refractivity contribution in [2.45, 2.75) is 37.8 Å². The minimum absolute atomic E-state index is 0.0432. The molecule has 1 atom stereocenters. The van der Waals surface area contributed by atoms with Crippen molar-refractivity contribution in [2.75, 3.05) is 10.6 Å². The van der Waals surface area contributed by atoms with Gasteiger partial charge in [-0.15, -0.1) is 11.8 Å². The zero-order chi connectivity index (χ0) is 21.6. The van der Waals surface area contributed by atoms with Crippen molar-refractivity contribution >= 4 is 40.9 Å². The highest BCUT2D eigenvalue weighted by atomic mass is 32.2. The van der Waals surface area contributed by atoms with Gasteiger partial charge in [0.25, 0.3) is 0 Å². The van der Waals surface area contributed by atoms with E-state index in [4.69, 9.17) is 5.11 Å². The standard InChI is InChI=1S/C22H24N2O4S/c1-13-5-10-19(14(2)11-13)24-21(26)16(4)29-18-8-6-17(7-9-18)23-20(25)12-15(3)22(27)28/h5-12,16H,1-4H3,(H,23,25)(H,24,26)(H,27,28)/b15-12-/t16-/m0/s1. The number of rotatable bonds is 7. The molecule has 0 unspecified atom stereocenters. The number of carbonyl (C=O) groups is 3. The second-order valence-corrected chi connectivity index (χ2v) is 8.13. The van der Waals surface area contributed by atoms with Gasteiger partial charge in [0, 0.05) is 27.9 Å². The van der Waals surface area contributed by atoms with Crippen LogP contribution >= 0.6 is 11.8 Å². The summed E-state index contributed by atoms with van der Waals surface area (Å²) in [7, 11) is 0. The molecule has 0 fully saturated rings. The molecule has 0 saturated carbocycles. The first-order valence-electron chi connectivity index (χ1n) is 9.03. The minimum atomic E-state index is -1.14. The number of carboxylic acid groups (broad SMARTS) is 1. The van der Waals surface area contributed by atoms with Gasteiger partial charge in [-0.25, -0.2) is 4.79 Å². The van der Waals surface area contributed by atoms with Crippen molar-refractivity contribution in [3.8, 4) is 0 Å². The molecule has 2 aromatic rings. The SMILES string of the molecule is C/C(=C/C(=O)Nc1ccc(S[C@@H](C)C(=O)Nc2ccc(C)cc2C)cc1)C(=O)O. The van der Waals surface area contributed by atoms with E-state index in [2.05, 4.69) is 10.6 Å². The Morgan fingerprint density at radius 3 is 2.28 bits per heavy atom. The number of nitrogens with one attached hydrogen (secondary N) is 2. The topological polar surface area (TPSA) is 95.5 Å². The average Bonchev–Trinajstić information content (AvgIpc) is 2.65. The molecule has 2 rings (SSSR count). The Labute approximate surface area is 174 Å². The average molecular weight is 413 g/mol. The molecule has 0 aromatic heterocycles. The van der Waals surface area contributed by atoms with Crippen LogP contribution in [0.15, 0.2) is 59.0 Å². The molecule has 0 saturated heterocycles. The van der Waals surface area contributed by atoms with Crippen LogP contribution in [0.4, 0.5) is 11.4 Å². The second-order valence-electron chi connectivity index (χ2n) is 6.71. The third kappa shape index (κ3) is 6.80. The molecule has 0 heterocycles. The minimum Gasteiger partial charge on any atom is -0.478 e. The Bertz CT molecular complexity index is 952. The van der Waals surface area contributed by atoms with E-state index in [0.717, 1.165) is 27.8 Å². The van der Waals surface area contributed by atoms with E-state index in [1.807, 2.05) is 39.0 Å². The van der Waals surface area contributed by atoms with Gasteiger partial charge in [-0.2, -0.15) is 0 Å². The summed E-state index contributed by atoms with van der Waals surface area (Å²) in [4.78, 5) is 35.9. The maximum Gasteiger partial charge on any atom is 0.331 e. The van der Waals surface area contributed by atoms with Crippen LogP contribution in [0.2, 0.25) is 0 Å². The van der Waals surface area contributed by atoms with Crippen LogP contribution in [0.5, 0.6) is 0 Å². The lowest BCUT2D eigenvalue weighted by atomic mass is 10.1. The largest absolute Gasteiger partial charge is 0.478 e. The van der Waals surface area contributed by atoms with Gasteiger partial charge in [0.2, 0.25) is 11.8 Å². The molecule has 0 aliphatic carbocycles. The number of amides is 2. The molecular formula is C22H24N2O4S. The number of aliphatic carboxylic acids is 1. The van der Waals surface area contributed by atoms with Crippen LogP contribution in [0, 0.1) is 13.8 Å². The monoisotopic (exact) mass is 412 g/mol. The fraction of sp³-hybridized carbons (Fsp3) is 0.227. The Hall–Kier alpha value is -3.06. The smallest absolute Gasteiger partial charge is 0.331 e. The van der Waals surface area contributed by atoms with E-state index in [1.54, 1.807) is 24.3 Å². The number of carboxylic acids is 1. The van der Waals surface area contributed by atoms with Crippen molar-refractivity contribution in [1.82, 2.24) is 0 Å². The van der Waals surface area contributed by atoms with Gasteiger partial charge in [-0.1, -0.05) is 17.7 Å². The molecular weight excluding hydrogens is 388 g/mol. The van der Waals surface area contributed by atoms with Gasteiger partial charge in [-0.3, -0.25) is 9.59 Å². The summed E-state index contributed by atoms with van der Waals surface area (Å²) in [5, 5.41) is 14.0. The first-order valence-corrected chi connectivity index (χ1v) is 9.91. The highest BCUT2D eigenvalue weighted by molar-refractivity contribution is 8.00. The molecule has 6 nitrogen and oxygen atoms in total. The van der Waals surface area contributed by atoms with Crippen LogP contribution in [0.3, 0.4) is 0 Å². The van der Waals surface area contributed by atoms with Crippen molar-refractivity contribution in [1.29, 1.82) is 0 Å². The Morgan fingerprint density at radius 2 is 1.69 bits per heavy atom. The molecule has 0 aliphatic heterocycles. The van der Waals surface area contributed by atoms with Gasteiger partial charge in [-0.05, 0) is 63.6 Å². The number of hydrogen-bond donors (Lipinski definition) is 3. The summed E-state index contributed by atoms with van der Waals surface area (Å²) in [6.45, 7) is 7.15. The zero-order valence-electron chi connectivity index (χ0n) is 16.8. The third-order valence-corrected chi connectivity index (χ3v) is 5.24. The van der Waals surface area contributed by atoms with Crippen LogP contribution in [-0.4, -0.2) is 28.1 Å². The molecule has 29 heavy (non-hydrogen) atoms. The fourth-order valence-electron chi connectivity index (χ4n) is 2.50. The van der Waals surface area contributed by atoms with E-state index in [-0.39, 0.29) is 16.7 Å². The Morgan fingerprint density at radius 1 is 1.03 bits per heavy atom. The predicted octanol–water partition coefficient (Wildman–Crippen LogP) is 4.39. The Kier molecular flexibility index (Phi) is 7.61. The molecule has 2 amide bonds. The number of thioether (sulfide) groups is 1. The summed E-state index contributed by atoms with van der Waals surface area (Å²) < 4.78 is 0. The van der Waals surface area contributed by atoms with E-state index in [1.165, 1.54) is 18.7 Å². The number of aryl methyl sites for hydroxylation is 2. The van der Waals surface area contributed by atoms with Gasteiger partial charge in [0.15, 0.2) is 0 Å². The van der Waals surface area contributed by atoms with Crippen molar-refractivity contribution in [3.05, 3.63) is 65.2 Å². The van der Waals surface area contributed by atoms with Gasteiger partial charge < -0.3 is 15.7 Å². The first-order chi connectivity index (χ1) is 13.7. The van der Waals surface area contributed by atoms with Gasteiger partial charge in [0.05, 0.1) is 5.25 Å². The van der Waals surface area contributed by atoms with Gasteiger partial charge >= 0.3 is 5.97 Å². The summed E-state index contributed by atoms with van der Waals surface area (Å²) in [5.74, 6) is -1.74. The zero-order valence-corrected chi connectivity index (χ0v) is 17.6. The summed E-state index contributed by atoms with van der Waals surface area (Å²) in [6, 6.07) is 12.9. The lowest BCUT2D eigenvalue weighted by Gasteiger charge is -2.14. The van der Waals surface area contributed by atoms with Gasteiger partial charge in [0.1, 0.15) is 0 Å². The molecule has 2 aromatic carbocycles. The van der Waals surface area contributed by atoms with Crippen molar-refractivity contribution in [2.24, 2.45) is 0 Å². The molecule has 0 aliphatic rings. The number of carbonyl (C=O) groups excluding carboxylic acids is 2. The van der Waals surface area contributed by atoms with E-state index in [9.17, 15) is 14.4 Å². The maximum absolute atomic E-state index is 12.5. The maximum atomic E-state index is 12.5. The van der Waals surface area contributed by atoms with Crippen LogP contribution < -0.4 is 10.6 Å². The number of benzene rings is 2. The van der Waals surface area contributed by atoms with Crippen LogP contribution in [0.25, 0.3) is 0 Å². The van der Waals surface area contributed by atoms with Crippen LogP contribution in [-0.2, 0) is 14.4 Å². The molecule has 3 N–H and O–H groups in total. The molecule has 7 heteroatoms.